The molecule has 0 aliphatic carbocycles. The van der Waals surface area contributed by atoms with E-state index in [0.29, 0.717) is 11.3 Å². The fraction of sp³-hybridized carbons (Fsp3) is 0.417. The minimum atomic E-state index is -0.267. The number of nitrogens with zero attached hydrogens (tertiary/aromatic N) is 1. The highest BCUT2D eigenvalue weighted by atomic mass is 19.1. The third kappa shape index (κ3) is 1.22. The number of hydrogen-bond donors (Lipinski definition) is 1. The monoisotopic (exact) mass is 220 g/mol. The average molecular weight is 220 g/mol. The molecule has 1 aromatic carbocycles. The first-order valence-corrected chi connectivity index (χ1v) is 5.54. The lowest BCUT2D eigenvalue weighted by atomic mass is 10.1. The van der Waals surface area contributed by atoms with Gasteiger partial charge in [-0.15, -0.1) is 0 Å². The second-order valence-corrected chi connectivity index (χ2v) is 4.46. The number of rotatable bonds is 0. The van der Waals surface area contributed by atoms with Gasteiger partial charge >= 0.3 is 0 Å². The molecule has 3 nitrogen and oxygen atoms in total. The predicted molar refractivity (Wildman–Crippen MR) is 60.1 cm³/mol. The second kappa shape index (κ2) is 3.20. The van der Waals surface area contributed by atoms with Crippen LogP contribution in [0.3, 0.4) is 0 Å². The summed E-state index contributed by atoms with van der Waals surface area (Å²) in [5.74, 6) is -0.273. The third-order valence-corrected chi connectivity index (χ3v) is 3.40. The summed E-state index contributed by atoms with van der Waals surface area (Å²) in [6.45, 7) is 2.63. The summed E-state index contributed by atoms with van der Waals surface area (Å²) in [4.78, 5) is 13.8. The summed E-state index contributed by atoms with van der Waals surface area (Å²) in [6, 6.07) is 3.18. The van der Waals surface area contributed by atoms with Gasteiger partial charge in [-0.1, -0.05) is 0 Å². The summed E-state index contributed by atoms with van der Waals surface area (Å²) in [5.41, 5.74) is 2.19. The maximum Gasteiger partial charge on any atom is 0.247 e. The van der Waals surface area contributed by atoms with E-state index < -0.39 is 0 Å². The Morgan fingerprint density at radius 1 is 1.50 bits per heavy atom. The van der Waals surface area contributed by atoms with Gasteiger partial charge in [-0.2, -0.15) is 0 Å². The Morgan fingerprint density at radius 2 is 2.31 bits per heavy atom. The highest BCUT2D eigenvalue weighted by Crippen LogP contribution is 2.37. The zero-order valence-electron chi connectivity index (χ0n) is 9.09. The van der Waals surface area contributed by atoms with Crippen LogP contribution < -0.4 is 10.2 Å². The van der Waals surface area contributed by atoms with Crippen molar-refractivity contribution in [3.05, 3.63) is 23.5 Å². The third-order valence-electron chi connectivity index (χ3n) is 3.40. The number of fused-ring (bicyclic) bond motifs is 3. The second-order valence-electron chi connectivity index (χ2n) is 4.46. The first kappa shape index (κ1) is 9.63. The van der Waals surface area contributed by atoms with E-state index in [9.17, 15) is 9.18 Å². The molecule has 2 aliphatic heterocycles. The minimum absolute atomic E-state index is 0.00625. The maximum atomic E-state index is 13.4. The van der Waals surface area contributed by atoms with E-state index in [2.05, 4.69) is 10.2 Å². The van der Waals surface area contributed by atoms with E-state index in [1.54, 1.807) is 6.92 Å². The van der Waals surface area contributed by atoms with Crippen LogP contribution in [-0.4, -0.2) is 18.5 Å². The normalized spacial score (nSPS) is 22.8. The largest absolute Gasteiger partial charge is 0.358 e. The Balaban J connectivity index is 2.14. The number of benzene rings is 1. The average Bonchev–Trinajstić information content (AvgIpc) is 2.71. The molecule has 1 amide bonds. The van der Waals surface area contributed by atoms with Crippen LogP contribution in [-0.2, 0) is 4.79 Å². The van der Waals surface area contributed by atoms with Crippen LogP contribution in [0.4, 0.5) is 15.8 Å². The fourth-order valence-corrected chi connectivity index (χ4v) is 2.55. The zero-order valence-corrected chi connectivity index (χ0v) is 9.09. The van der Waals surface area contributed by atoms with Gasteiger partial charge in [0.05, 0.1) is 11.4 Å². The van der Waals surface area contributed by atoms with Crippen molar-refractivity contribution in [2.75, 3.05) is 16.8 Å². The molecule has 2 aliphatic rings. The van der Waals surface area contributed by atoms with Crippen LogP contribution in [0.15, 0.2) is 12.1 Å². The number of carbonyl (C=O) groups is 1. The Morgan fingerprint density at radius 3 is 3.12 bits per heavy atom. The Bertz CT molecular complexity index is 472. The number of aryl methyl sites for hydroxylation is 1. The van der Waals surface area contributed by atoms with Crippen molar-refractivity contribution >= 4 is 17.3 Å². The summed E-state index contributed by atoms with van der Waals surface area (Å²) >= 11 is 0. The van der Waals surface area contributed by atoms with Crippen molar-refractivity contribution in [3.63, 3.8) is 0 Å². The quantitative estimate of drug-likeness (QED) is 0.725. The molecule has 0 aromatic heterocycles. The van der Waals surface area contributed by atoms with Crippen LogP contribution in [0.2, 0.25) is 0 Å². The van der Waals surface area contributed by atoms with E-state index >= 15 is 0 Å². The van der Waals surface area contributed by atoms with Gasteiger partial charge in [0.15, 0.2) is 0 Å². The Labute approximate surface area is 93.2 Å². The van der Waals surface area contributed by atoms with Crippen LogP contribution in [0.1, 0.15) is 18.4 Å². The van der Waals surface area contributed by atoms with E-state index in [-0.39, 0.29) is 17.8 Å². The molecule has 4 heteroatoms. The number of anilines is 2. The maximum absolute atomic E-state index is 13.4. The molecule has 2 heterocycles. The lowest BCUT2D eigenvalue weighted by molar-refractivity contribution is -0.117. The number of nitrogens with one attached hydrogen (secondary N) is 1. The molecule has 0 saturated carbocycles. The molecule has 0 bridgehead atoms. The number of amides is 1. The van der Waals surface area contributed by atoms with Gasteiger partial charge in [-0.3, -0.25) is 4.79 Å². The van der Waals surface area contributed by atoms with Crippen molar-refractivity contribution in [1.29, 1.82) is 0 Å². The zero-order chi connectivity index (χ0) is 11.3. The lowest BCUT2D eigenvalue weighted by Gasteiger charge is -2.33. The highest BCUT2D eigenvalue weighted by molar-refractivity contribution is 6.04. The molecule has 84 valence electrons. The van der Waals surface area contributed by atoms with Gasteiger partial charge in [0.25, 0.3) is 0 Å². The Kier molecular flexibility index (Phi) is 1.93. The van der Waals surface area contributed by atoms with Gasteiger partial charge in [0.2, 0.25) is 5.91 Å². The van der Waals surface area contributed by atoms with Gasteiger partial charge < -0.3 is 10.2 Å². The van der Waals surface area contributed by atoms with E-state index in [0.717, 1.165) is 25.1 Å². The van der Waals surface area contributed by atoms with Gasteiger partial charge in [0.1, 0.15) is 11.9 Å². The SMILES string of the molecule is Cc1cc2c(cc1F)NC(=O)C1CCCN21. The van der Waals surface area contributed by atoms with E-state index in [1.807, 2.05) is 6.07 Å². The highest BCUT2D eigenvalue weighted by Gasteiger charge is 2.36. The molecule has 1 atom stereocenters. The molecule has 16 heavy (non-hydrogen) atoms. The van der Waals surface area contributed by atoms with E-state index in [1.165, 1.54) is 6.07 Å². The van der Waals surface area contributed by atoms with E-state index in [4.69, 9.17) is 0 Å². The standard InChI is InChI=1S/C12H13FN2O/c1-7-5-11-9(6-8(7)13)14-12(16)10-3-2-4-15(10)11/h5-6,10H,2-4H2,1H3,(H,14,16). The minimum Gasteiger partial charge on any atom is -0.358 e. The molecule has 1 saturated heterocycles. The predicted octanol–water partition coefficient (Wildman–Crippen LogP) is 2.06. The van der Waals surface area contributed by atoms with Gasteiger partial charge in [-0.05, 0) is 37.5 Å². The fourth-order valence-electron chi connectivity index (χ4n) is 2.55. The van der Waals surface area contributed by atoms with Gasteiger partial charge in [0, 0.05) is 6.54 Å². The molecule has 1 aromatic rings. The van der Waals surface area contributed by atoms with Crippen LogP contribution >= 0.6 is 0 Å². The van der Waals surface area contributed by atoms with Crippen LogP contribution in [0, 0.1) is 12.7 Å². The number of carbonyl (C=O) groups excluding carboxylic acids is 1. The summed E-state index contributed by atoms with van der Waals surface area (Å²) in [5, 5.41) is 2.78. The first-order valence-electron chi connectivity index (χ1n) is 5.54. The summed E-state index contributed by atoms with van der Waals surface area (Å²) in [7, 11) is 0. The molecule has 0 spiro atoms. The lowest BCUT2D eigenvalue weighted by Crippen LogP contribution is -2.44. The number of halogens is 1. The summed E-state index contributed by atoms with van der Waals surface area (Å²) in [6.07, 6.45) is 1.91. The van der Waals surface area contributed by atoms with Crippen molar-refractivity contribution in [2.24, 2.45) is 0 Å². The topological polar surface area (TPSA) is 32.3 Å². The molecular weight excluding hydrogens is 207 g/mol. The molecule has 3 rings (SSSR count). The molecule has 1 fully saturated rings. The van der Waals surface area contributed by atoms with Crippen molar-refractivity contribution in [2.45, 2.75) is 25.8 Å². The Hall–Kier alpha value is -1.58. The number of hydrogen-bond acceptors (Lipinski definition) is 2. The van der Waals surface area contributed by atoms with Crippen LogP contribution in [0.25, 0.3) is 0 Å². The van der Waals surface area contributed by atoms with Crippen molar-refractivity contribution in [1.82, 2.24) is 0 Å². The van der Waals surface area contributed by atoms with Crippen LogP contribution in [0.5, 0.6) is 0 Å². The van der Waals surface area contributed by atoms with Crippen molar-refractivity contribution < 1.29 is 9.18 Å². The molecule has 1 N–H and O–H groups in total. The summed E-state index contributed by atoms with van der Waals surface area (Å²) < 4.78 is 13.4. The molecule has 0 radical (unpaired) electrons. The van der Waals surface area contributed by atoms with Gasteiger partial charge in [-0.25, -0.2) is 4.39 Å². The molecule has 1 unspecified atom stereocenters. The molecular formula is C12H13FN2O. The first-order chi connectivity index (χ1) is 7.66. The smallest absolute Gasteiger partial charge is 0.247 e. The van der Waals surface area contributed by atoms with Crippen molar-refractivity contribution in [3.8, 4) is 0 Å².